The molecule has 2 aromatic rings. The van der Waals surface area contributed by atoms with Crippen LogP contribution in [0.3, 0.4) is 0 Å². The van der Waals surface area contributed by atoms with Crippen LogP contribution < -0.4 is 0 Å². The van der Waals surface area contributed by atoms with Gasteiger partial charge in [0.25, 0.3) is 0 Å². The molecule has 0 bridgehead atoms. The molecule has 0 aromatic carbocycles. The first kappa shape index (κ1) is 15.9. The van der Waals surface area contributed by atoms with Gasteiger partial charge in [0, 0.05) is 57.2 Å². The summed E-state index contributed by atoms with van der Waals surface area (Å²) in [6.07, 6.45) is 6.67. The van der Waals surface area contributed by atoms with Gasteiger partial charge in [0.15, 0.2) is 0 Å². The predicted molar refractivity (Wildman–Crippen MR) is 83.1 cm³/mol. The third kappa shape index (κ3) is 4.08. The van der Waals surface area contributed by atoms with Crippen molar-refractivity contribution in [1.29, 1.82) is 0 Å². The van der Waals surface area contributed by atoms with Crippen molar-refractivity contribution in [1.82, 2.24) is 34.8 Å². The van der Waals surface area contributed by atoms with Gasteiger partial charge in [0.2, 0.25) is 0 Å². The maximum absolute atomic E-state index is 13.9. The number of aryl methyl sites for hydroxylation is 1. The Morgan fingerprint density at radius 2 is 2.09 bits per heavy atom. The zero-order valence-electron chi connectivity index (χ0n) is 13.5. The van der Waals surface area contributed by atoms with E-state index in [-0.39, 0.29) is 6.04 Å². The summed E-state index contributed by atoms with van der Waals surface area (Å²) in [4.78, 5) is 12.4. The van der Waals surface area contributed by atoms with Crippen molar-refractivity contribution < 1.29 is 4.39 Å². The minimum Gasteiger partial charge on any atom is -0.299 e. The second kappa shape index (κ2) is 7.10. The molecule has 2 aromatic heterocycles. The van der Waals surface area contributed by atoms with Crippen LogP contribution in [-0.4, -0.2) is 67.1 Å². The third-order valence-corrected chi connectivity index (χ3v) is 4.24. The monoisotopic (exact) mass is 319 g/mol. The Kier molecular flexibility index (Phi) is 4.92. The minimum atomic E-state index is -0.767. The molecule has 0 saturated carbocycles. The summed E-state index contributed by atoms with van der Waals surface area (Å²) in [6.45, 7) is 2.71. The molecular weight excluding hydrogens is 297 g/mol. The van der Waals surface area contributed by atoms with E-state index in [0.29, 0.717) is 19.5 Å². The summed E-state index contributed by atoms with van der Waals surface area (Å²) in [7, 11) is 3.92. The van der Waals surface area contributed by atoms with E-state index >= 15 is 0 Å². The summed E-state index contributed by atoms with van der Waals surface area (Å²) >= 11 is 0. The molecule has 0 N–H and O–H groups in total. The maximum atomic E-state index is 13.9. The van der Waals surface area contributed by atoms with Gasteiger partial charge in [-0.3, -0.25) is 14.5 Å². The van der Waals surface area contributed by atoms with E-state index in [1.165, 1.54) is 6.33 Å². The van der Waals surface area contributed by atoms with E-state index in [1.807, 2.05) is 14.1 Å². The lowest BCUT2D eigenvalue weighted by atomic mass is 10.2. The molecule has 1 aliphatic heterocycles. The van der Waals surface area contributed by atoms with Crippen molar-refractivity contribution in [2.24, 2.45) is 7.05 Å². The molecule has 3 rings (SSSR count). The predicted octanol–water partition coefficient (Wildman–Crippen LogP) is 0.650. The zero-order valence-corrected chi connectivity index (χ0v) is 13.5. The quantitative estimate of drug-likeness (QED) is 0.779. The summed E-state index contributed by atoms with van der Waals surface area (Å²) in [5.41, 5.74) is 2.07. The lowest BCUT2D eigenvalue weighted by Gasteiger charge is -2.28. The normalized spacial score (nSPS) is 22.1. The summed E-state index contributed by atoms with van der Waals surface area (Å²) in [5.74, 6) is 0. The first-order chi connectivity index (χ1) is 11.1. The van der Waals surface area contributed by atoms with Gasteiger partial charge in [-0.15, -0.1) is 5.10 Å². The van der Waals surface area contributed by atoms with Gasteiger partial charge in [-0.2, -0.15) is 0 Å². The number of hydrogen-bond acceptors (Lipinski definition) is 6. The Balaban J connectivity index is 1.59. The first-order valence-electron chi connectivity index (χ1n) is 7.76. The van der Waals surface area contributed by atoms with Gasteiger partial charge in [0.1, 0.15) is 12.5 Å². The van der Waals surface area contributed by atoms with Crippen LogP contribution in [0.2, 0.25) is 0 Å². The first-order valence-corrected chi connectivity index (χ1v) is 7.76. The summed E-state index contributed by atoms with van der Waals surface area (Å²) in [6, 6.07) is 0.191. The molecule has 8 heteroatoms. The maximum Gasteiger partial charge on any atom is 0.115 e. The molecule has 0 spiro atoms. The third-order valence-electron chi connectivity index (χ3n) is 4.24. The second-order valence-corrected chi connectivity index (χ2v) is 6.21. The van der Waals surface area contributed by atoms with Crippen molar-refractivity contribution in [3.8, 4) is 0 Å². The van der Waals surface area contributed by atoms with Crippen LogP contribution in [0.1, 0.15) is 17.7 Å². The highest BCUT2D eigenvalue weighted by atomic mass is 19.1. The Labute approximate surface area is 135 Å². The average molecular weight is 319 g/mol. The summed E-state index contributed by atoms with van der Waals surface area (Å²) < 4.78 is 15.7. The van der Waals surface area contributed by atoms with Crippen LogP contribution in [0.15, 0.2) is 24.9 Å². The van der Waals surface area contributed by atoms with Gasteiger partial charge in [-0.25, -0.2) is 14.4 Å². The van der Waals surface area contributed by atoms with Crippen LogP contribution in [0, 0.1) is 0 Å². The highest BCUT2D eigenvalue weighted by molar-refractivity contribution is 5.04. The van der Waals surface area contributed by atoms with Gasteiger partial charge in [0.05, 0.1) is 11.9 Å². The van der Waals surface area contributed by atoms with Crippen LogP contribution in [0.4, 0.5) is 4.39 Å². The van der Waals surface area contributed by atoms with Crippen LogP contribution in [0.5, 0.6) is 0 Å². The Bertz CT molecular complexity index is 617. The Morgan fingerprint density at radius 1 is 1.30 bits per heavy atom. The fourth-order valence-electron chi connectivity index (χ4n) is 3.11. The number of nitrogens with zero attached hydrogens (tertiary/aromatic N) is 7. The van der Waals surface area contributed by atoms with E-state index < -0.39 is 6.17 Å². The lowest BCUT2D eigenvalue weighted by molar-refractivity contribution is 0.178. The number of likely N-dealkylation sites (tertiary alicyclic amines) is 1. The molecule has 1 aliphatic rings. The van der Waals surface area contributed by atoms with E-state index in [0.717, 1.165) is 24.3 Å². The van der Waals surface area contributed by atoms with Crippen molar-refractivity contribution in [3.05, 3.63) is 36.2 Å². The van der Waals surface area contributed by atoms with E-state index in [9.17, 15) is 4.39 Å². The molecule has 23 heavy (non-hydrogen) atoms. The number of halogens is 1. The molecule has 124 valence electrons. The molecule has 0 unspecified atom stereocenters. The van der Waals surface area contributed by atoms with Crippen LogP contribution in [0.25, 0.3) is 0 Å². The molecule has 0 amide bonds. The van der Waals surface area contributed by atoms with Gasteiger partial charge in [-0.05, 0) is 13.5 Å². The highest BCUT2D eigenvalue weighted by Gasteiger charge is 2.32. The fraction of sp³-hybridized carbons (Fsp3) is 0.600. The molecule has 1 saturated heterocycles. The molecule has 1 fully saturated rings. The molecular formula is C15H22FN7. The Hall–Kier alpha value is -1.93. The van der Waals surface area contributed by atoms with Gasteiger partial charge < -0.3 is 0 Å². The smallest absolute Gasteiger partial charge is 0.115 e. The number of hydrogen-bond donors (Lipinski definition) is 0. The van der Waals surface area contributed by atoms with E-state index in [1.54, 1.807) is 23.3 Å². The number of aromatic nitrogens is 5. The van der Waals surface area contributed by atoms with Crippen LogP contribution in [-0.2, 0) is 20.1 Å². The second-order valence-electron chi connectivity index (χ2n) is 6.21. The van der Waals surface area contributed by atoms with Gasteiger partial charge >= 0.3 is 0 Å². The van der Waals surface area contributed by atoms with Crippen molar-refractivity contribution in [3.63, 3.8) is 0 Å². The zero-order chi connectivity index (χ0) is 16.2. The van der Waals surface area contributed by atoms with Crippen molar-refractivity contribution in [2.75, 3.05) is 20.1 Å². The Morgan fingerprint density at radius 3 is 2.78 bits per heavy atom. The van der Waals surface area contributed by atoms with Crippen LogP contribution >= 0.6 is 0 Å². The fourth-order valence-corrected chi connectivity index (χ4v) is 3.11. The number of alkyl halides is 1. The molecule has 3 heterocycles. The molecule has 7 nitrogen and oxygen atoms in total. The lowest BCUT2D eigenvalue weighted by Crippen LogP contribution is -2.38. The van der Waals surface area contributed by atoms with Crippen molar-refractivity contribution in [2.45, 2.75) is 31.7 Å². The van der Waals surface area contributed by atoms with E-state index in [2.05, 4.69) is 30.1 Å². The average Bonchev–Trinajstić information content (AvgIpc) is 3.06. The minimum absolute atomic E-state index is 0.191. The largest absolute Gasteiger partial charge is 0.299 e. The molecule has 2 atom stereocenters. The van der Waals surface area contributed by atoms with E-state index in [4.69, 9.17) is 0 Å². The summed E-state index contributed by atoms with van der Waals surface area (Å²) in [5, 5.41) is 7.83. The van der Waals surface area contributed by atoms with Gasteiger partial charge in [-0.1, -0.05) is 5.21 Å². The highest BCUT2D eigenvalue weighted by Crippen LogP contribution is 2.23. The molecule has 0 radical (unpaired) electrons. The standard InChI is InChI=1S/C15H22FN7/c1-21(10-15-6-19-20-22(15)2)9-14-3-13(16)8-23(14)7-12-4-17-11-18-5-12/h4-6,11,13-14H,3,7-10H2,1-2H3/t13-,14-/m0/s1. The molecule has 0 aliphatic carbocycles. The topological polar surface area (TPSA) is 63.0 Å². The van der Waals surface area contributed by atoms with Crippen molar-refractivity contribution >= 4 is 0 Å². The number of rotatable bonds is 6. The number of likely N-dealkylation sites (N-methyl/N-ethyl adjacent to an activating group) is 1. The SMILES string of the molecule is CN(Cc1cnnn1C)C[C@@H]1C[C@H](F)CN1Cc1cncnc1.